The lowest BCUT2D eigenvalue weighted by atomic mass is 10.1. The highest BCUT2D eigenvalue weighted by atomic mass is 32.2. The van der Waals surface area contributed by atoms with Crippen molar-refractivity contribution in [3.63, 3.8) is 0 Å². The molecular formula is C18H27F3N4O5S. The van der Waals surface area contributed by atoms with Crippen LogP contribution >= 0.6 is 0 Å². The summed E-state index contributed by atoms with van der Waals surface area (Å²) in [6, 6.07) is 5.24. The van der Waals surface area contributed by atoms with Crippen LogP contribution in [0.2, 0.25) is 0 Å². The van der Waals surface area contributed by atoms with Crippen LogP contribution in [0, 0.1) is 0 Å². The Hall–Kier alpha value is -2.54. The van der Waals surface area contributed by atoms with Gasteiger partial charge in [-0.25, -0.2) is 13.2 Å². The van der Waals surface area contributed by atoms with Crippen LogP contribution in [0.15, 0.2) is 18.2 Å². The lowest BCUT2D eigenvalue weighted by molar-refractivity contribution is -0.192. The fraction of sp³-hybridized carbons (Fsp3) is 0.556. The van der Waals surface area contributed by atoms with Crippen LogP contribution < -0.4 is 14.9 Å². The predicted octanol–water partition coefficient (Wildman–Crippen LogP) is 1.58. The SMILES string of the molecule is CCN(CC)C(=O)c1ccc(N2CCNCC2)c(NS(C)(=O)=O)c1.O=C(O)C(F)(F)F. The molecule has 1 aliphatic rings. The van der Waals surface area contributed by atoms with Gasteiger partial charge in [-0.1, -0.05) is 0 Å². The first-order valence-corrected chi connectivity index (χ1v) is 11.4. The lowest BCUT2D eigenvalue weighted by Crippen LogP contribution is -2.43. The molecule has 0 atom stereocenters. The standard InChI is InChI=1S/C16H26N4O3S.C2HF3O2/c1-4-19(5-2)16(21)13-6-7-15(20-10-8-17-9-11-20)14(12-13)18-24(3,22)23;3-2(4,5)1(6)7/h6-7,12,17-18H,4-5,8-11H2,1-3H3;(H,6,7). The van der Waals surface area contributed by atoms with Crippen LogP contribution in [0.5, 0.6) is 0 Å². The second kappa shape index (κ2) is 11.2. The van der Waals surface area contributed by atoms with E-state index in [0.29, 0.717) is 24.3 Å². The number of benzene rings is 1. The molecular weight excluding hydrogens is 441 g/mol. The molecule has 0 radical (unpaired) electrons. The number of carboxylic acids is 1. The van der Waals surface area contributed by atoms with Crippen molar-refractivity contribution in [2.24, 2.45) is 0 Å². The highest BCUT2D eigenvalue weighted by Gasteiger charge is 2.38. The van der Waals surface area contributed by atoms with E-state index in [0.717, 1.165) is 38.1 Å². The number of rotatable bonds is 6. The van der Waals surface area contributed by atoms with E-state index in [1.165, 1.54) is 0 Å². The first-order valence-electron chi connectivity index (χ1n) is 9.47. The lowest BCUT2D eigenvalue weighted by Gasteiger charge is -2.31. The fourth-order valence-corrected chi connectivity index (χ4v) is 3.39. The number of hydrogen-bond donors (Lipinski definition) is 3. The minimum atomic E-state index is -5.08. The summed E-state index contributed by atoms with van der Waals surface area (Å²) in [5.41, 5.74) is 1.75. The zero-order valence-corrected chi connectivity index (χ0v) is 18.3. The van der Waals surface area contributed by atoms with Crippen LogP contribution in [0.3, 0.4) is 0 Å². The van der Waals surface area contributed by atoms with Crippen molar-refractivity contribution >= 4 is 33.3 Å². The van der Waals surface area contributed by atoms with Crippen molar-refractivity contribution in [1.82, 2.24) is 10.2 Å². The van der Waals surface area contributed by atoms with Crippen LogP contribution in [-0.2, 0) is 14.8 Å². The van der Waals surface area contributed by atoms with Gasteiger partial charge in [0.05, 0.1) is 17.6 Å². The number of sulfonamides is 1. The van der Waals surface area contributed by atoms with Crippen molar-refractivity contribution in [1.29, 1.82) is 0 Å². The monoisotopic (exact) mass is 468 g/mol. The Morgan fingerprint density at radius 3 is 2.13 bits per heavy atom. The second-order valence-corrected chi connectivity index (χ2v) is 8.37. The van der Waals surface area contributed by atoms with Crippen LogP contribution in [0.1, 0.15) is 24.2 Å². The molecule has 1 saturated heterocycles. The Labute approximate surface area is 179 Å². The molecule has 176 valence electrons. The Morgan fingerprint density at radius 1 is 1.19 bits per heavy atom. The minimum absolute atomic E-state index is 0.0941. The molecule has 2 rings (SSSR count). The third-order valence-electron chi connectivity index (χ3n) is 4.29. The molecule has 0 saturated carbocycles. The van der Waals surface area contributed by atoms with Crippen LogP contribution in [-0.4, -0.2) is 82.0 Å². The first kappa shape index (κ1) is 26.5. The largest absolute Gasteiger partial charge is 0.490 e. The van der Waals surface area contributed by atoms with Gasteiger partial charge in [-0.05, 0) is 32.0 Å². The zero-order chi connectivity index (χ0) is 23.8. The van der Waals surface area contributed by atoms with Gasteiger partial charge in [0.15, 0.2) is 0 Å². The number of piperazine rings is 1. The van der Waals surface area contributed by atoms with Crippen molar-refractivity contribution in [3.05, 3.63) is 23.8 Å². The second-order valence-electron chi connectivity index (χ2n) is 6.62. The van der Waals surface area contributed by atoms with E-state index < -0.39 is 22.2 Å². The number of carbonyl (C=O) groups excluding carboxylic acids is 1. The Kier molecular flexibility index (Phi) is 9.56. The number of hydrogen-bond acceptors (Lipinski definition) is 6. The summed E-state index contributed by atoms with van der Waals surface area (Å²) in [7, 11) is -3.43. The maximum Gasteiger partial charge on any atom is 0.490 e. The predicted molar refractivity (Wildman–Crippen MR) is 111 cm³/mol. The fourth-order valence-electron chi connectivity index (χ4n) is 2.83. The molecule has 1 fully saturated rings. The quantitative estimate of drug-likeness (QED) is 0.580. The minimum Gasteiger partial charge on any atom is -0.475 e. The molecule has 0 spiro atoms. The Morgan fingerprint density at radius 2 is 1.71 bits per heavy atom. The third-order valence-corrected chi connectivity index (χ3v) is 4.88. The van der Waals surface area contributed by atoms with Crippen LogP contribution in [0.25, 0.3) is 0 Å². The first-order chi connectivity index (χ1) is 14.3. The molecule has 1 heterocycles. The van der Waals surface area contributed by atoms with E-state index in [1.54, 1.807) is 17.0 Å². The smallest absolute Gasteiger partial charge is 0.475 e. The summed E-state index contributed by atoms with van der Waals surface area (Å²) < 4.78 is 57.7. The number of alkyl halides is 3. The van der Waals surface area contributed by atoms with Gasteiger partial charge in [0.25, 0.3) is 5.91 Å². The average Bonchev–Trinajstić information content (AvgIpc) is 2.68. The van der Waals surface area contributed by atoms with E-state index in [1.807, 2.05) is 19.9 Å². The van der Waals surface area contributed by atoms with Crippen molar-refractivity contribution in [2.45, 2.75) is 20.0 Å². The normalized spacial score (nSPS) is 14.3. The summed E-state index contributed by atoms with van der Waals surface area (Å²) in [5.74, 6) is -2.85. The van der Waals surface area contributed by atoms with Crippen LogP contribution in [0.4, 0.5) is 24.5 Å². The van der Waals surface area contributed by atoms with E-state index >= 15 is 0 Å². The molecule has 1 aromatic carbocycles. The summed E-state index contributed by atoms with van der Waals surface area (Å²) in [6.45, 7) is 8.35. The number of amides is 1. The maximum absolute atomic E-state index is 12.5. The molecule has 13 heteroatoms. The number of carboxylic acid groups (broad SMARTS) is 1. The molecule has 0 aromatic heterocycles. The average molecular weight is 468 g/mol. The molecule has 1 aromatic rings. The molecule has 31 heavy (non-hydrogen) atoms. The Balaban J connectivity index is 0.000000592. The van der Waals surface area contributed by atoms with Gasteiger partial charge in [-0.2, -0.15) is 13.2 Å². The summed E-state index contributed by atoms with van der Waals surface area (Å²) in [4.78, 5) is 25.3. The summed E-state index contributed by atoms with van der Waals surface area (Å²) in [5, 5.41) is 10.4. The number of aliphatic carboxylic acids is 1. The number of anilines is 2. The summed E-state index contributed by atoms with van der Waals surface area (Å²) in [6.07, 6.45) is -3.96. The van der Waals surface area contributed by atoms with Crippen molar-refractivity contribution in [2.75, 3.05) is 55.1 Å². The van der Waals surface area contributed by atoms with Gasteiger partial charge in [0.2, 0.25) is 10.0 Å². The molecule has 1 amide bonds. The molecule has 0 bridgehead atoms. The van der Waals surface area contributed by atoms with Gasteiger partial charge in [-0.15, -0.1) is 0 Å². The number of halogens is 3. The molecule has 3 N–H and O–H groups in total. The molecule has 0 aliphatic carbocycles. The number of nitrogens with zero attached hydrogens (tertiary/aromatic N) is 2. The van der Waals surface area contributed by atoms with Gasteiger partial charge < -0.3 is 20.2 Å². The van der Waals surface area contributed by atoms with Gasteiger partial charge in [0.1, 0.15) is 0 Å². The van der Waals surface area contributed by atoms with Crippen molar-refractivity contribution in [3.8, 4) is 0 Å². The topological polar surface area (TPSA) is 119 Å². The third kappa shape index (κ3) is 8.61. The Bertz CT molecular complexity index is 867. The van der Waals surface area contributed by atoms with Crippen molar-refractivity contribution < 1.29 is 36.3 Å². The number of nitrogens with one attached hydrogen (secondary N) is 2. The maximum atomic E-state index is 12.5. The van der Waals surface area contributed by atoms with E-state index in [-0.39, 0.29) is 5.91 Å². The van der Waals surface area contributed by atoms with E-state index in [9.17, 15) is 26.4 Å². The molecule has 9 nitrogen and oxygen atoms in total. The van der Waals surface area contributed by atoms with E-state index in [2.05, 4.69) is 14.9 Å². The molecule has 0 unspecified atom stereocenters. The highest BCUT2D eigenvalue weighted by Crippen LogP contribution is 2.29. The van der Waals surface area contributed by atoms with E-state index in [4.69, 9.17) is 9.90 Å². The highest BCUT2D eigenvalue weighted by molar-refractivity contribution is 7.92. The van der Waals surface area contributed by atoms with Gasteiger partial charge in [-0.3, -0.25) is 9.52 Å². The molecule has 1 aliphatic heterocycles. The number of carbonyl (C=O) groups is 2. The summed E-state index contributed by atoms with van der Waals surface area (Å²) >= 11 is 0. The van der Waals surface area contributed by atoms with Gasteiger partial charge >= 0.3 is 12.1 Å². The zero-order valence-electron chi connectivity index (χ0n) is 17.5. The van der Waals surface area contributed by atoms with Gasteiger partial charge in [0, 0.05) is 44.8 Å².